The maximum absolute atomic E-state index is 5.81. The Balaban J connectivity index is 0.000000640. The Kier molecular flexibility index (Phi) is 2.97. The zero-order chi connectivity index (χ0) is 6.20. The summed E-state index contributed by atoms with van der Waals surface area (Å²) in [7, 11) is 0. The molecule has 0 bridgehead atoms. The number of halogens is 1. The predicted octanol–water partition coefficient (Wildman–Crippen LogP) is 1.95. The summed E-state index contributed by atoms with van der Waals surface area (Å²) in [6.45, 7) is 4.51. The van der Waals surface area contributed by atoms with Gasteiger partial charge in [-0.15, -0.1) is 12.4 Å². The second-order valence-corrected chi connectivity index (χ2v) is 3.49. The third-order valence-electron chi connectivity index (χ3n) is 2.34. The minimum Gasteiger partial charge on any atom is -0.327 e. The van der Waals surface area contributed by atoms with Gasteiger partial charge in [0.05, 0.1) is 0 Å². The van der Waals surface area contributed by atoms with Crippen molar-refractivity contribution in [1.82, 2.24) is 0 Å². The highest BCUT2D eigenvalue weighted by atomic mass is 35.5. The summed E-state index contributed by atoms with van der Waals surface area (Å²) in [4.78, 5) is 0. The topological polar surface area (TPSA) is 26.0 Å². The predicted molar refractivity (Wildman–Crippen MR) is 42.9 cm³/mol. The molecule has 1 fully saturated rings. The van der Waals surface area contributed by atoms with Crippen LogP contribution in [0.2, 0.25) is 0 Å². The fourth-order valence-corrected chi connectivity index (χ4v) is 1.35. The first-order valence-corrected chi connectivity index (χ1v) is 3.38. The van der Waals surface area contributed by atoms with Gasteiger partial charge in [-0.25, -0.2) is 0 Å². The van der Waals surface area contributed by atoms with Crippen LogP contribution in [0.1, 0.15) is 33.1 Å². The SMILES string of the molecule is CC1(C)CCC[C@H]1N.Cl. The van der Waals surface area contributed by atoms with Crippen molar-refractivity contribution in [1.29, 1.82) is 0 Å². The van der Waals surface area contributed by atoms with Gasteiger partial charge in [-0.1, -0.05) is 20.3 Å². The highest BCUT2D eigenvalue weighted by Gasteiger charge is 2.30. The molecule has 1 rings (SSSR count). The molecule has 0 spiro atoms. The molecule has 1 nitrogen and oxygen atoms in total. The van der Waals surface area contributed by atoms with E-state index in [9.17, 15) is 0 Å². The number of hydrogen-bond donors (Lipinski definition) is 1. The van der Waals surface area contributed by atoms with Crippen LogP contribution in [0.25, 0.3) is 0 Å². The van der Waals surface area contributed by atoms with E-state index in [1.165, 1.54) is 19.3 Å². The Hall–Kier alpha value is 0.250. The fourth-order valence-electron chi connectivity index (χ4n) is 1.35. The Morgan fingerprint density at radius 3 is 2.11 bits per heavy atom. The van der Waals surface area contributed by atoms with Gasteiger partial charge in [-0.05, 0) is 18.3 Å². The molecule has 0 amide bonds. The van der Waals surface area contributed by atoms with Gasteiger partial charge in [-0.2, -0.15) is 0 Å². The van der Waals surface area contributed by atoms with Crippen molar-refractivity contribution >= 4 is 12.4 Å². The third-order valence-corrected chi connectivity index (χ3v) is 2.34. The average Bonchev–Trinajstić information content (AvgIpc) is 1.86. The second kappa shape index (κ2) is 2.89. The molecule has 0 heterocycles. The molecule has 1 aliphatic carbocycles. The van der Waals surface area contributed by atoms with Crippen molar-refractivity contribution in [2.45, 2.75) is 39.2 Å². The second-order valence-electron chi connectivity index (χ2n) is 3.49. The molecule has 1 aliphatic rings. The van der Waals surface area contributed by atoms with E-state index in [0.29, 0.717) is 11.5 Å². The van der Waals surface area contributed by atoms with Crippen LogP contribution in [0.4, 0.5) is 0 Å². The van der Waals surface area contributed by atoms with Gasteiger partial charge in [0.1, 0.15) is 0 Å². The van der Waals surface area contributed by atoms with Crippen LogP contribution in [0.5, 0.6) is 0 Å². The first kappa shape index (κ1) is 9.25. The smallest absolute Gasteiger partial charge is 0.00902 e. The lowest BCUT2D eigenvalue weighted by molar-refractivity contribution is 0.332. The molecule has 0 aromatic rings. The average molecular weight is 150 g/mol. The van der Waals surface area contributed by atoms with Crippen molar-refractivity contribution in [3.8, 4) is 0 Å². The third kappa shape index (κ3) is 1.84. The molecule has 56 valence electrons. The van der Waals surface area contributed by atoms with Crippen LogP contribution in [0, 0.1) is 5.41 Å². The van der Waals surface area contributed by atoms with Gasteiger partial charge in [0, 0.05) is 6.04 Å². The number of nitrogens with two attached hydrogens (primary N) is 1. The maximum Gasteiger partial charge on any atom is 0.00902 e. The van der Waals surface area contributed by atoms with E-state index in [1.54, 1.807) is 0 Å². The van der Waals surface area contributed by atoms with E-state index < -0.39 is 0 Å². The van der Waals surface area contributed by atoms with E-state index in [0.717, 1.165) is 0 Å². The number of rotatable bonds is 0. The van der Waals surface area contributed by atoms with E-state index in [1.807, 2.05) is 0 Å². The van der Waals surface area contributed by atoms with Crippen LogP contribution in [0.15, 0.2) is 0 Å². The van der Waals surface area contributed by atoms with Crippen LogP contribution < -0.4 is 5.73 Å². The van der Waals surface area contributed by atoms with Gasteiger partial charge in [-0.3, -0.25) is 0 Å². The van der Waals surface area contributed by atoms with Gasteiger partial charge < -0.3 is 5.73 Å². The number of hydrogen-bond acceptors (Lipinski definition) is 1. The monoisotopic (exact) mass is 149 g/mol. The molecular weight excluding hydrogens is 134 g/mol. The first-order valence-electron chi connectivity index (χ1n) is 3.38. The van der Waals surface area contributed by atoms with Crippen molar-refractivity contribution < 1.29 is 0 Å². The minimum atomic E-state index is 0. The van der Waals surface area contributed by atoms with E-state index in [2.05, 4.69) is 13.8 Å². The Morgan fingerprint density at radius 2 is 2.00 bits per heavy atom. The largest absolute Gasteiger partial charge is 0.327 e. The molecule has 2 N–H and O–H groups in total. The molecule has 0 saturated heterocycles. The Labute approximate surface area is 63.4 Å². The van der Waals surface area contributed by atoms with Gasteiger partial charge in [0.25, 0.3) is 0 Å². The lowest BCUT2D eigenvalue weighted by Crippen LogP contribution is -2.31. The molecule has 1 atom stereocenters. The van der Waals surface area contributed by atoms with Crippen molar-refractivity contribution in [2.75, 3.05) is 0 Å². The maximum atomic E-state index is 5.81. The molecule has 0 aromatic heterocycles. The molecule has 1 saturated carbocycles. The molecule has 0 aromatic carbocycles. The standard InChI is InChI=1S/C7H15N.ClH/c1-7(2)5-3-4-6(7)8;/h6H,3-5,8H2,1-2H3;1H/t6-;/m1./s1. The molecule has 0 unspecified atom stereocenters. The molecular formula is C7H16ClN. The molecule has 0 radical (unpaired) electrons. The van der Waals surface area contributed by atoms with Crippen LogP contribution in [-0.4, -0.2) is 6.04 Å². The summed E-state index contributed by atoms with van der Waals surface area (Å²) >= 11 is 0. The van der Waals surface area contributed by atoms with Crippen LogP contribution in [0.3, 0.4) is 0 Å². The van der Waals surface area contributed by atoms with Crippen LogP contribution in [-0.2, 0) is 0 Å². The van der Waals surface area contributed by atoms with E-state index in [-0.39, 0.29) is 12.4 Å². The highest BCUT2D eigenvalue weighted by Crippen LogP contribution is 2.35. The first-order chi connectivity index (χ1) is 3.63. The van der Waals surface area contributed by atoms with E-state index in [4.69, 9.17) is 5.73 Å². The van der Waals surface area contributed by atoms with E-state index >= 15 is 0 Å². The van der Waals surface area contributed by atoms with Gasteiger partial charge >= 0.3 is 0 Å². The summed E-state index contributed by atoms with van der Waals surface area (Å²) < 4.78 is 0. The van der Waals surface area contributed by atoms with Crippen molar-refractivity contribution in [3.63, 3.8) is 0 Å². The lowest BCUT2D eigenvalue weighted by atomic mass is 9.88. The fraction of sp³-hybridized carbons (Fsp3) is 1.00. The van der Waals surface area contributed by atoms with Crippen LogP contribution >= 0.6 is 12.4 Å². The molecule has 0 aliphatic heterocycles. The summed E-state index contributed by atoms with van der Waals surface area (Å²) in [6.07, 6.45) is 3.87. The van der Waals surface area contributed by atoms with Gasteiger partial charge in [0.15, 0.2) is 0 Å². The minimum absolute atomic E-state index is 0. The normalized spacial score (nSPS) is 31.7. The zero-order valence-electron chi connectivity index (χ0n) is 6.18. The zero-order valence-corrected chi connectivity index (χ0v) is 7.00. The van der Waals surface area contributed by atoms with Crippen molar-refractivity contribution in [3.05, 3.63) is 0 Å². The summed E-state index contributed by atoms with van der Waals surface area (Å²) in [5.74, 6) is 0. The Morgan fingerprint density at radius 1 is 1.44 bits per heavy atom. The quantitative estimate of drug-likeness (QED) is 0.560. The van der Waals surface area contributed by atoms with Crippen molar-refractivity contribution in [2.24, 2.45) is 11.1 Å². The highest BCUT2D eigenvalue weighted by molar-refractivity contribution is 5.85. The molecule has 9 heavy (non-hydrogen) atoms. The summed E-state index contributed by atoms with van der Waals surface area (Å²) in [6, 6.07) is 0.461. The Bertz CT molecular complexity index is 90.9. The van der Waals surface area contributed by atoms with Gasteiger partial charge in [0.2, 0.25) is 0 Å². The summed E-state index contributed by atoms with van der Waals surface area (Å²) in [5, 5.41) is 0. The lowest BCUT2D eigenvalue weighted by Gasteiger charge is -2.22. The summed E-state index contributed by atoms with van der Waals surface area (Å²) in [5.41, 5.74) is 6.24. The molecule has 2 heteroatoms.